The lowest BCUT2D eigenvalue weighted by atomic mass is 9.82. The number of halogens is 1. The third kappa shape index (κ3) is 5.25. The average Bonchev–Trinajstić information content (AvgIpc) is 2.22. The minimum atomic E-state index is -0.789. The smallest absolute Gasteiger partial charge is 0.304 e. The van der Waals surface area contributed by atoms with Crippen molar-refractivity contribution in [2.24, 2.45) is 5.41 Å². The maximum absolute atomic E-state index is 13.5. The summed E-state index contributed by atoms with van der Waals surface area (Å²) in [6.07, 6.45) is 0.968. The molecule has 0 aliphatic carbocycles. The molecule has 0 aliphatic rings. The molecular weight excluding hydrogens is 259 g/mol. The highest BCUT2D eigenvalue weighted by atomic mass is 19.1. The van der Waals surface area contributed by atoms with Gasteiger partial charge in [0.25, 0.3) is 0 Å². The first kappa shape index (κ1) is 16.6. The van der Waals surface area contributed by atoms with E-state index in [1.54, 1.807) is 6.07 Å². The van der Waals surface area contributed by atoms with Crippen molar-refractivity contribution in [3.63, 3.8) is 0 Å². The first-order valence-corrected chi connectivity index (χ1v) is 6.68. The Hall–Kier alpha value is -1.49. The summed E-state index contributed by atoms with van der Waals surface area (Å²) in [7, 11) is 0. The van der Waals surface area contributed by atoms with Crippen molar-refractivity contribution in [2.75, 3.05) is 0 Å². The predicted molar refractivity (Wildman–Crippen MR) is 78.0 cm³/mol. The number of benzene rings is 1. The van der Waals surface area contributed by atoms with Crippen LogP contribution in [0.1, 0.15) is 46.6 Å². The summed E-state index contributed by atoms with van der Waals surface area (Å²) in [5.41, 5.74) is 0.325. The van der Waals surface area contributed by atoms with Gasteiger partial charge in [0, 0.05) is 18.2 Å². The number of rotatable bonds is 5. The van der Waals surface area contributed by atoms with Crippen LogP contribution < -0.4 is 5.32 Å². The second kappa shape index (κ2) is 5.87. The van der Waals surface area contributed by atoms with E-state index in [2.05, 4.69) is 39.9 Å². The molecule has 112 valence electrons. The van der Waals surface area contributed by atoms with E-state index in [0.29, 0.717) is 12.1 Å². The van der Waals surface area contributed by atoms with E-state index in [4.69, 9.17) is 0 Å². The SMILES string of the molecule is CC(C)(C)CC(C)(C)NCc1ccc([N+](=O)[O-])c(F)c1. The van der Waals surface area contributed by atoms with Gasteiger partial charge in [0.15, 0.2) is 0 Å². The van der Waals surface area contributed by atoms with E-state index in [1.165, 1.54) is 12.1 Å². The standard InChI is InChI=1S/C15H23FN2O2/c1-14(2,3)10-15(4,5)17-9-11-6-7-13(18(19)20)12(16)8-11/h6-8,17H,9-10H2,1-5H3. The highest BCUT2D eigenvalue weighted by molar-refractivity contribution is 5.35. The Morgan fingerprint density at radius 2 is 1.85 bits per heavy atom. The van der Waals surface area contributed by atoms with Crippen LogP contribution in [0.3, 0.4) is 0 Å². The third-order valence-electron chi connectivity index (χ3n) is 2.95. The molecule has 0 aromatic heterocycles. The van der Waals surface area contributed by atoms with E-state index in [0.717, 1.165) is 6.42 Å². The van der Waals surface area contributed by atoms with Crippen LogP contribution in [-0.4, -0.2) is 10.5 Å². The average molecular weight is 282 g/mol. The zero-order valence-electron chi connectivity index (χ0n) is 12.8. The van der Waals surface area contributed by atoms with Crippen LogP contribution in [0.25, 0.3) is 0 Å². The molecule has 0 spiro atoms. The van der Waals surface area contributed by atoms with Crippen LogP contribution in [0.4, 0.5) is 10.1 Å². The second-order valence-electron chi connectivity index (χ2n) is 7.02. The van der Waals surface area contributed by atoms with E-state index >= 15 is 0 Å². The fraction of sp³-hybridized carbons (Fsp3) is 0.600. The fourth-order valence-corrected chi connectivity index (χ4v) is 2.54. The Balaban J connectivity index is 2.71. The molecule has 0 saturated heterocycles. The van der Waals surface area contributed by atoms with Gasteiger partial charge in [-0.2, -0.15) is 4.39 Å². The number of nitrogens with one attached hydrogen (secondary N) is 1. The second-order valence-corrected chi connectivity index (χ2v) is 7.02. The summed E-state index contributed by atoms with van der Waals surface area (Å²) in [6, 6.07) is 4.02. The minimum absolute atomic E-state index is 0.0868. The van der Waals surface area contributed by atoms with Gasteiger partial charge >= 0.3 is 5.69 Å². The molecule has 1 aromatic rings. The van der Waals surface area contributed by atoms with Gasteiger partial charge < -0.3 is 5.32 Å². The predicted octanol–water partition coefficient (Wildman–Crippen LogP) is 4.04. The molecule has 0 unspecified atom stereocenters. The Morgan fingerprint density at radius 3 is 2.30 bits per heavy atom. The topological polar surface area (TPSA) is 55.2 Å². The van der Waals surface area contributed by atoms with Crippen LogP contribution in [0, 0.1) is 21.3 Å². The lowest BCUT2D eigenvalue weighted by Crippen LogP contribution is -2.41. The molecular formula is C15H23FN2O2. The first-order valence-electron chi connectivity index (χ1n) is 6.68. The molecule has 0 atom stereocenters. The maximum atomic E-state index is 13.5. The fourth-order valence-electron chi connectivity index (χ4n) is 2.54. The van der Waals surface area contributed by atoms with Gasteiger partial charge in [-0.05, 0) is 37.3 Å². The normalized spacial score (nSPS) is 12.5. The minimum Gasteiger partial charge on any atom is -0.308 e. The summed E-state index contributed by atoms with van der Waals surface area (Å²) in [6.45, 7) is 11.2. The van der Waals surface area contributed by atoms with Gasteiger partial charge in [-0.15, -0.1) is 0 Å². The summed E-state index contributed by atoms with van der Waals surface area (Å²) in [5, 5.41) is 13.9. The van der Waals surface area contributed by atoms with E-state index in [1.807, 2.05) is 0 Å². The summed E-state index contributed by atoms with van der Waals surface area (Å²) in [4.78, 5) is 9.84. The van der Waals surface area contributed by atoms with Crippen molar-refractivity contribution in [2.45, 2.75) is 53.1 Å². The van der Waals surface area contributed by atoms with Gasteiger partial charge in [-0.3, -0.25) is 10.1 Å². The number of nitrogens with zero attached hydrogens (tertiary/aromatic N) is 1. The van der Waals surface area contributed by atoms with Crippen molar-refractivity contribution in [3.8, 4) is 0 Å². The quantitative estimate of drug-likeness (QED) is 0.655. The van der Waals surface area contributed by atoms with Gasteiger partial charge in [-0.25, -0.2) is 0 Å². The maximum Gasteiger partial charge on any atom is 0.304 e. The van der Waals surface area contributed by atoms with E-state index in [-0.39, 0.29) is 11.0 Å². The van der Waals surface area contributed by atoms with Crippen LogP contribution in [0.2, 0.25) is 0 Å². The van der Waals surface area contributed by atoms with Crippen LogP contribution in [-0.2, 0) is 6.54 Å². The number of hydrogen-bond donors (Lipinski definition) is 1. The Kier molecular flexibility index (Phi) is 4.86. The van der Waals surface area contributed by atoms with Crippen LogP contribution in [0.15, 0.2) is 18.2 Å². The van der Waals surface area contributed by atoms with Crippen molar-refractivity contribution < 1.29 is 9.31 Å². The number of nitro groups is 1. The summed E-state index contributed by atoms with van der Waals surface area (Å²) in [5.74, 6) is -0.789. The van der Waals surface area contributed by atoms with Crippen molar-refractivity contribution in [1.29, 1.82) is 0 Å². The van der Waals surface area contributed by atoms with Crippen molar-refractivity contribution >= 4 is 5.69 Å². The largest absolute Gasteiger partial charge is 0.308 e. The molecule has 4 nitrogen and oxygen atoms in total. The molecule has 0 fully saturated rings. The summed E-state index contributed by atoms with van der Waals surface area (Å²) >= 11 is 0. The van der Waals surface area contributed by atoms with Crippen molar-refractivity contribution in [3.05, 3.63) is 39.7 Å². The van der Waals surface area contributed by atoms with Crippen LogP contribution >= 0.6 is 0 Å². The Morgan fingerprint density at radius 1 is 1.25 bits per heavy atom. The molecule has 5 heteroatoms. The van der Waals surface area contributed by atoms with Crippen molar-refractivity contribution in [1.82, 2.24) is 5.32 Å². The summed E-state index contributed by atoms with van der Waals surface area (Å²) < 4.78 is 13.5. The van der Waals surface area contributed by atoms with Gasteiger partial charge in [-0.1, -0.05) is 26.8 Å². The first-order chi connectivity index (χ1) is 9.00. The molecule has 1 aromatic carbocycles. The van der Waals surface area contributed by atoms with Gasteiger partial charge in [0.05, 0.1) is 4.92 Å². The zero-order chi connectivity index (χ0) is 15.6. The molecule has 20 heavy (non-hydrogen) atoms. The monoisotopic (exact) mass is 282 g/mol. The molecule has 0 bridgehead atoms. The molecule has 0 radical (unpaired) electrons. The molecule has 0 saturated carbocycles. The molecule has 0 aliphatic heterocycles. The van der Waals surface area contributed by atoms with Crippen LogP contribution in [0.5, 0.6) is 0 Å². The number of nitro benzene ring substituents is 1. The van der Waals surface area contributed by atoms with Gasteiger partial charge in [0.2, 0.25) is 5.82 Å². The van der Waals surface area contributed by atoms with Gasteiger partial charge in [0.1, 0.15) is 0 Å². The highest BCUT2D eigenvalue weighted by Gasteiger charge is 2.25. The lowest BCUT2D eigenvalue weighted by Gasteiger charge is -2.33. The lowest BCUT2D eigenvalue weighted by molar-refractivity contribution is -0.387. The van der Waals surface area contributed by atoms with E-state index in [9.17, 15) is 14.5 Å². The highest BCUT2D eigenvalue weighted by Crippen LogP contribution is 2.27. The molecule has 1 rings (SSSR count). The molecule has 1 N–H and O–H groups in total. The Bertz CT molecular complexity index is 493. The number of hydrogen-bond acceptors (Lipinski definition) is 3. The zero-order valence-corrected chi connectivity index (χ0v) is 12.8. The molecule has 0 heterocycles. The Labute approximate surface area is 119 Å². The third-order valence-corrected chi connectivity index (χ3v) is 2.95. The molecule has 0 amide bonds. The van der Waals surface area contributed by atoms with E-state index < -0.39 is 16.4 Å².